The van der Waals surface area contributed by atoms with Gasteiger partial charge in [-0.05, 0) is 12.1 Å². The quantitative estimate of drug-likeness (QED) is 0.678. The highest BCUT2D eigenvalue weighted by Gasteiger charge is 1.87. The molecule has 0 aromatic carbocycles. The van der Waals surface area contributed by atoms with E-state index in [9.17, 15) is 4.79 Å². The fraction of sp³-hybridized carbons (Fsp3) is 0.111. The molecule has 2 N–H and O–H groups in total. The second-order valence-electron chi connectivity index (χ2n) is 2.34. The molecule has 0 fully saturated rings. The Hall–Kier alpha value is -1.84. The van der Waals surface area contributed by atoms with Crippen molar-refractivity contribution in [3.05, 3.63) is 36.5 Å². The number of carboxylic acid groups (broad SMARTS) is 1. The second kappa shape index (κ2) is 4.92. The molecule has 0 saturated carbocycles. The molecule has 0 aliphatic rings. The molecule has 0 aliphatic carbocycles. The molecule has 4 heteroatoms. The molecule has 4 nitrogen and oxygen atoms in total. The van der Waals surface area contributed by atoms with Crippen LogP contribution in [0.25, 0.3) is 0 Å². The van der Waals surface area contributed by atoms with Crippen LogP contribution in [0.4, 0.5) is 5.82 Å². The summed E-state index contributed by atoms with van der Waals surface area (Å²) in [5, 5.41) is 11.2. The van der Waals surface area contributed by atoms with Gasteiger partial charge in [0.15, 0.2) is 0 Å². The standard InChI is InChI=1S/C9H10N2O2/c12-9(13)5-3-7-11-8-4-1-2-6-10-8/h1-6H,7H2,(H,10,11)(H,12,13)/b5-3+. The number of aliphatic carboxylic acids is 1. The predicted molar refractivity (Wildman–Crippen MR) is 49.5 cm³/mol. The van der Waals surface area contributed by atoms with Crippen LogP contribution in [0.5, 0.6) is 0 Å². The first-order valence-electron chi connectivity index (χ1n) is 3.83. The van der Waals surface area contributed by atoms with Gasteiger partial charge in [0.1, 0.15) is 5.82 Å². The molecular formula is C9H10N2O2. The van der Waals surface area contributed by atoms with E-state index in [0.29, 0.717) is 6.54 Å². The molecule has 1 aromatic rings. The van der Waals surface area contributed by atoms with Gasteiger partial charge in [-0.3, -0.25) is 0 Å². The Morgan fingerprint density at radius 1 is 1.62 bits per heavy atom. The fourth-order valence-corrected chi connectivity index (χ4v) is 0.791. The van der Waals surface area contributed by atoms with Gasteiger partial charge < -0.3 is 10.4 Å². The lowest BCUT2D eigenvalue weighted by Gasteiger charge is -1.99. The van der Waals surface area contributed by atoms with Crippen LogP contribution >= 0.6 is 0 Å². The minimum absolute atomic E-state index is 0.462. The van der Waals surface area contributed by atoms with E-state index in [4.69, 9.17) is 5.11 Å². The molecule has 1 aromatic heterocycles. The number of hydrogen-bond acceptors (Lipinski definition) is 3. The summed E-state index contributed by atoms with van der Waals surface area (Å²) in [6.07, 6.45) is 4.29. The lowest BCUT2D eigenvalue weighted by atomic mass is 10.4. The number of aromatic nitrogens is 1. The topological polar surface area (TPSA) is 62.2 Å². The number of rotatable bonds is 4. The summed E-state index contributed by atoms with van der Waals surface area (Å²) in [7, 11) is 0. The zero-order valence-corrected chi connectivity index (χ0v) is 6.97. The van der Waals surface area contributed by atoms with Crippen LogP contribution in [-0.2, 0) is 4.79 Å². The lowest BCUT2D eigenvalue weighted by molar-refractivity contribution is -0.131. The third kappa shape index (κ3) is 3.91. The van der Waals surface area contributed by atoms with E-state index < -0.39 is 5.97 Å². The Morgan fingerprint density at radius 3 is 3.08 bits per heavy atom. The van der Waals surface area contributed by atoms with Crippen LogP contribution in [0.2, 0.25) is 0 Å². The minimum Gasteiger partial charge on any atom is -0.478 e. The average molecular weight is 178 g/mol. The number of carboxylic acids is 1. The minimum atomic E-state index is -0.942. The van der Waals surface area contributed by atoms with Crippen LogP contribution in [0.15, 0.2) is 36.5 Å². The molecule has 0 unspecified atom stereocenters. The van der Waals surface area contributed by atoms with Gasteiger partial charge in [-0.25, -0.2) is 9.78 Å². The van der Waals surface area contributed by atoms with Crippen molar-refractivity contribution in [3.63, 3.8) is 0 Å². The predicted octanol–water partition coefficient (Wildman–Crippen LogP) is 1.13. The maximum atomic E-state index is 10.1. The number of nitrogens with one attached hydrogen (secondary N) is 1. The molecule has 1 heterocycles. The summed E-state index contributed by atoms with van der Waals surface area (Å²) in [6.45, 7) is 0.462. The fourth-order valence-electron chi connectivity index (χ4n) is 0.791. The SMILES string of the molecule is O=C(O)/C=C/CNc1ccccn1. The molecule has 1 rings (SSSR count). The van der Waals surface area contributed by atoms with E-state index in [1.165, 1.54) is 6.08 Å². The summed E-state index contributed by atoms with van der Waals surface area (Å²) in [6, 6.07) is 5.49. The van der Waals surface area contributed by atoms with E-state index in [1.807, 2.05) is 18.2 Å². The van der Waals surface area contributed by atoms with Gasteiger partial charge in [-0.15, -0.1) is 0 Å². The van der Waals surface area contributed by atoms with Gasteiger partial charge in [0.2, 0.25) is 0 Å². The van der Waals surface area contributed by atoms with Crippen molar-refractivity contribution in [1.29, 1.82) is 0 Å². The van der Waals surface area contributed by atoms with Gasteiger partial charge >= 0.3 is 5.97 Å². The van der Waals surface area contributed by atoms with E-state index in [1.54, 1.807) is 6.20 Å². The summed E-state index contributed by atoms with van der Waals surface area (Å²) in [5.74, 6) is -0.208. The first kappa shape index (κ1) is 9.25. The molecule has 0 amide bonds. The maximum Gasteiger partial charge on any atom is 0.328 e. The zero-order valence-electron chi connectivity index (χ0n) is 6.97. The average Bonchev–Trinajstić information content (AvgIpc) is 2.14. The van der Waals surface area contributed by atoms with Gasteiger partial charge in [-0.2, -0.15) is 0 Å². The van der Waals surface area contributed by atoms with Gasteiger partial charge in [0.25, 0.3) is 0 Å². The number of anilines is 1. The van der Waals surface area contributed by atoms with Gasteiger partial charge in [-0.1, -0.05) is 12.1 Å². The maximum absolute atomic E-state index is 10.1. The number of hydrogen-bond donors (Lipinski definition) is 2. The van der Waals surface area contributed by atoms with Gasteiger partial charge in [0, 0.05) is 18.8 Å². The Bertz CT molecular complexity index is 296. The van der Waals surface area contributed by atoms with Crippen molar-refractivity contribution in [1.82, 2.24) is 4.98 Å². The third-order valence-electron chi connectivity index (χ3n) is 1.33. The molecule has 13 heavy (non-hydrogen) atoms. The Kier molecular flexibility index (Phi) is 3.50. The molecule has 0 spiro atoms. The highest BCUT2D eigenvalue weighted by molar-refractivity contribution is 5.79. The van der Waals surface area contributed by atoms with Crippen LogP contribution in [-0.4, -0.2) is 22.6 Å². The smallest absolute Gasteiger partial charge is 0.328 e. The molecule has 0 radical (unpaired) electrons. The van der Waals surface area contributed by atoms with Crippen molar-refractivity contribution in [2.45, 2.75) is 0 Å². The monoisotopic (exact) mass is 178 g/mol. The van der Waals surface area contributed by atoms with E-state index in [0.717, 1.165) is 11.9 Å². The van der Waals surface area contributed by atoms with Crippen molar-refractivity contribution >= 4 is 11.8 Å². The Morgan fingerprint density at radius 2 is 2.46 bits per heavy atom. The molecule has 0 aliphatic heterocycles. The second-order valence-corrected chi connectivity index (χ2v) is 2.34. The van der Waals surface area contributed by atoms with Crippen LogP contribution in [0.3, 0.4) is 0 Å². The molecule has 68 valence electrons. The van der Waals surface area contributed by atoms with Crippen LogP contribution < -0.4 is 5.32 Å². The first-order valence-corrected chi connectivity index (χ1v) is 3.83. The highest BCUT2D eigenvalue weighted by atomic mass is 16.4. The largest absolute Gasteiger partial charge is 0.478 e. The van der Waals surface area contributed by atoms with Crippen molar-refractivity contribution in [2.24, 2.45) is 0 Å². The summed E-state index contributed by atoms with van der Waals surface area (Å²) >= 11 is 0. The highest BCUT2D eigenvalue weighted by Crippen LogP contribution is 1.98. The normalized spacial score (nSPS) is 10.2. The Labute approximate surface area is 75.9 Å². The number of nitrogens with zero attached hydrogens (tertiary/aromatic N) is 1. The van der Waals surface area contributed by atoms with Crippen molar-refractivity contribution in [2.75, 3.05) is 11.9 Å². The van der Waals surface area contributed by atoms with Gasteiger partial charge in [0.05, 0.1) is 0 Å². The first-order chi connectivity index (χ1) is 6.29. The Balaban J connectivity index is 2.32. The lowest BCUT2D eigenvalue weighted by Crippen LogP contribution is -2.00. The van der Waals surface area contributed by atoms with Crippen LogP contribution in [0.1, 0.15) is 0 Å². The molecule has 0 atom stereocenters. The molecule has 0 saturated heterocycles. The van der Waals surface area contributed by atoms with Crippen molar-refractivity contribution < 1.29 is 9.90 Å². The molecule has 0 bridgehead atoms. The summed E-state index contributed by atoms with van der Waals surface area (Å²) in [5.41, 5.74) is 0. The van der Waals surface area contributed by atoms with E-state index in [-0.39, 0.29) is 0 Å². The molecular weight excluding hydrogens is 168 g/mol. The summed E-state index contributed by atoms with van der Waals surface area (Å²) in [4.78, 5) is 14.1. The third-order valence-corrected chi connectivity index (χ3v) is 1.33. The van der Waals surface area contributed by atoms with Crippen LogP contribution in [0, 0.1) is 0 Å². The van der Waals surface area contributed by atoms with E-state index >= 15 is 0 Å². The number of pyridine rings is 1. The van der Waals surface area contributed by atoms with Crippen molar-refractivity contribution in [3.8, 4) is 0 Å². The number of carbonyl (C=O) groups is 1. The zero-order chi connectivity index (χ0) is 9.52. The summed E-state index contributed by atoms with van der Waals surface area (Å²) < 4.78 is 0. The van der Waals surface area contributed by atoms with E-state index in [2.05, 4.69) is 10.3 Å².